The first-order valence-corrected chi connectivity index (χ1v) is 7.58. The van der Waals surface area contributed by atoms with Crippen molar-refractivity contribution in [2.75, 3.05) is 0 Å². The normalized spacial score (nSPS) is 13.8. The average Bonchev–Trinajstić information content (AvgIpc) is 2.37. The predicted molar refractivity (Wildman–Crippen MR) is 87.3 cm³/mol. The molecule has 2 aromatic carbocycles. The van der Waals surface area contributed by atoms with Crippen LogP contribution in [0, 0.1) is 6.92 Å². The summed E-state index contributed by atoms with van der Waals surface area (Å²) in [4.78, 5) is 0. The molecular weight excluding hydrogens is 338 g/mol. The molecule has 0 bridgehead atoms. The Morgan fingerprint density at radius 2 is 1.95 bits per heavy atom. The summed E-state index contributed by atoms with van der Waals surface area (Å²) in [5.41, 5.74) is 8.30. The Bertz CT molecular complexity index is 601. The summed E-state index contributed by atoms with van der Waals surface area (Å²) in [6, 6.07) is 13.6. The van der Waals surface area contributed by atoms with Crippen molar-refractivity contribution in [3.8, 4) is 5.75 Å². The van der Waals surface area contributed by atoms with E-state index in [-0.39, 0.29) is 12.1 Å². The van der Waals surface area contributed by atoms with Crippen molar-refractivity contribution in [1.29, 1.82) is 0 Å². The number of nitrogens with two attached hydrogens (primary N) is 1. The topological polar surface area (TPSA) is 35.2 Å². The molecule has 0 radical (unpaired) electrons. The monoisotopic (exact) mass is 353 g/mol. The zero-order valence-corrected chi connectivity index (χ0v) is 13.8. The van der Waals surface area contributed by atoms with Crippen molar-refractivity contribution in [3.05, 3.63) is 63.1 Å². The Morgan fingerprint density at radius 1 is 1.20 bits per heavy atom. The lowest BCUT2D eigenvalue weighted by atomic mass is 10.0. The molecule has 2 nitrogen and oxygen atoms in total. The van der Waals surface area contributed by atoms with Crippen LogP contribution in [-0.2, 0) is 0 Å². The molecule has 0 saturated carbocycles. The van der Waals surface area contributed by atoms with Gasteiger partial charge in [0.05, 0.1) is 5.02 Å². The van der Waals surface area contributed by atoms with E-state index in [1.54, 1.807) is 0 Å². The van der Waals surface area contributed by atoms with Crippen LogP contribution >= 0.6 is 27.5 Å². The largest absolute Gasteiger partial charge is 0.483 e. The number of benzene rings is 2. The fraction of sp³-hybridized carbons (Fsp3) is 0.250. The Labute approximate surface area is 133 Å². The fourth-order valence-corrected chi connectivity index (χ4v) is 2.75. The Kier molecular flexibility index (Phi) is 5.08. The minimum Gasteiger partial charge on any atom is -0.483 e. The SMILES string of the molecule is Cc1cccc(C(Oc2ccc(Br)cc2Cl)C(C)N)c1. The van der Waals surface area contributed by atoms with E-state index < -0.39 is 0 Å². The first-order chi connectivity index (χ1) is 9.47. The van der Waals surface area contributed by atoms with Crippen molar-refractivity contribution < 1.29 is 4.74 Å². The van der Waals surface area contributed by atoms with Crippen molar-refractivity contribution in [3.63, 3.8) is 0 Å². The number of rotatable bonds is 4. The minimum atomic E-state index is -0.228. The molecule has 106 valence electrons. The summed E-state index contributed by atoms with van der Waals surface area (Å²) in [6.45, 7) is 3.98. The third-order valence-corrected chi connectivity index (χ3v) is 3.78. The molecule has 0 aliphatic heterocycles. The van der Waals surface area contributed by atoms with Crippen LogP contribution in [-0.4, -0.2) is 6.04 Å². The van der Waals surface area contributed by atoms with Gasteiger partial charge in [-0.2, -0.15) is 0 Å². The maximum absolute atomic E-state index is 6.20. The molecule has 0 fully saturated rings. The summed E-state index contributed by atoms with van der Waals surface area (Å²) in [7, 11) is 0. The van der Waals surface area contributed by atoms with Crippen LogP contribution in [0.15, 0.2) is 46.9 Å². The van der Waals surface area contributed by atoms with Gasteiger partial charge in [0.15, 0.2) is 0 Å². The smallest absolute Gasteiger partial charge is 0.139 e. The quantitative estimate of drug-likeness (QED) is 0.849. The summed E-state index contributed by atoms with van der Waals surface area (Å²) < 4.78 is 6.94. The highest BCUT2D eigenvalue weighted by atomic mass is 79.9. The minimum absolute atomic E-state index is 0.142. The second-order valence-electron chi connectivity index (χ2n) is 4.89. The van der Waals surface area contributed by atoms with Gasteiger partial charge in [-0.15, -0.1) is 0 Å². The molecule has 0 heterocycles. The van der Waals surface area contributed by atoms with Crippen molar-refractivity contribution >= 4 is 27.5 Å². The molecule has 0 aliphatic rings. The van der Waals surface area contributed by atoms with Crippen LogP contribution in [0.4, 0.5) is 0 Å². The van der Waals surface area contributed by atoms with E-state index >= 15 is 0 Å². The van der Waals surface area contributed by atoms with Gasteiger partial charge in [0, 0.05) is 10.5 Å². The maximum Gasteiger partial charge on any atom is 0.139 e. The lowest BCUT2D eigenvalue weighted by Crippen LogP contribution is -2.29. The van der Waals surface area contributed by atoms with Crippen LogP contribution in [0.1, 0.15) is 24.2 Å². The molecule has 0 aliphatic carbocycles. The van der Waals surface area contributed by atoms with Gasteiger partial charge in [0.2, 0.25) is 0 Å². The third-order valence-electron chi connectivity index (χ3n) is 3.00. The standard InChI is InChI=1S/C16H17BrClNO/c1-10-4-3-5-12(8-10)16(11(2)19)20-15-7-6-13(17)9-14(15)18/h3-9,11,16H,19H2,1-2H3. The first-order valence-electron chi connectivity index (χ1n) is 6.41. The Hall–Kier alpha value is -1.03. The van der Waals surface area contributed by atoms with Gasteiger partial charge in [-0.1, -0.05) is 57.4 Å². The molecular formula is C16H17BrClNO. The van der Waals surface area contributed by atoms with E-state index in [1.165, 1.54) is 5.56 Å². The summed E-state index contributed by atoms with van der Waals surface area (Å²) in [6.07, 6.45) is -0.228. The van der Waals surface area contributed by atoms with Crippen molar-refractivity contribution in [2.24, 2.45) is 5.73 Å². The predicted octanol–water partition coefficient (Wildman–Crippen LogP) is 4.88. The maximum atomic E-state index is 6.20. The van der Waals surface area contributed by atoms with Gasteiger partial charge < -0.3 is 10.5 Å². The number of halogens is 2. The zero-order chi connectivity index (χ0) is 14.7. The van der Waals surface area contributed by atoms with E-state index in [4.69, 9.17) is 22.1 Å². The number of hydrogen-bond donors (Lipinski definition) is 1. The highest BCUT2D eigenvalue weighted by Crippen LogP contribution is 2.32. The van der Waals surface area contributed by atoms with Gasteiger partial charge in [-0.3, -0.25) is 0 Å². The van der Waals surface area contributed by atoms with Gasteiger partial charge >= 0.3 is 0 Å². The van der Waals surface area contributed by atoms with Crippen LogP contribution < -0.4 is 10.5 Å². The van der Waals surface area contributed by atoms with Crippen LogP contribution in [0.5, 0.6) is 5.75 Å². The molecule has 0 spiro atoms. The first kappa shape index (κ1) is 15.4. The van der Waals surface area contributed by atoms with E-state index in [0.29, 0.717) is 10.8 Å². The molecule has 4 heteroatoms. The van der Waals surface area contributed by atoms with E-state index in [1.807, 2.05) is 50.2 Å². The van der Waals surface area contributed by atoms with Crippen LogP contribution in [0.2, 0.25) is 5.02 Å². The lowest BCUT2D eigenvalue weighted by molar-refractivity contribution is 0.180. The Morgan fingerprint density at radius 3 is 2.55 bits per heavy atom. The van der Waals surface area contributed by atoms with Gasteiger partial charge in [0.1, 0.15) is 11.9 Å². The van der Waals surface area contributed by atoms with Crippen molar-refractivity contribution in [1.82, 2.24) is 0 Å². The summed E-state index contributed by atoms with van der Waals surface area (Å²) >= 11 is 9.58. The second-order valence-corrected chi connectivity index (χ2v) is 6.21. The van der Waals surface area contributed by atoms with Gasteiger partial charge in [-0.25, -0.2) is 0 Å². The highest BCUT2D eigenvalue weighted by molar-refractivity contribution is 9.10. The lowest BCUT2D eigenvalue weighted by Gasteiger charge is -2.24. The summed E-state index contributed by atoms with van der Waals surface area (Å²) in [5.74, 6) is 0.638. The highest BCUT2D eigenvalue weighted by Gasteiger charge is 2.19. The molecule has 2 atom stereocenters. The average molecular weight is 355 g/mol. The molecule has 0 saturated heterocycles. The molecule has 2 rings (SSSR count). The fourth-order valence-electron chi connectivity index (χ4n) is 2.03. The number of hydrogen-bond acceptors (Lipinski definition) is 2. The van der Waals surface area contributed by atoms with Crippen molar-refractivity contribution in [2.45, 2.75) is 26.0 Å². The summed E-state index contributed by atoms with van der Waals surface area (Å²) in [5, 5.41) is 0.567. The third kappa shape index (κ3) is 3.75. The molecule has 2 aromatic rings. The van der Waals surface area contributed by atoms with Gasteiger partial charge in [0.25, 0.3) is 0 Å². The van der Waals surface area contributed by atoms with Gasteiger partial charge in [-0.05, 0) is 37.6 Å². The van der Waals surface area contributed by atoms with E-state index in [2.05, 4.69) is 22.0 Å². The number of aryl methyl sites for hydroxylation is 1. The molecule has 0 aromatic heterocycles. The van der Waals surface area contributed by atoms with Crippen LogP contribution in [0.3, 0.4) is 0 Å². The molecule has 2 N–H and O–H groups in total. The van der Waals surface area contributed by atoms with Crippen LogP contribution in [0.25, 0.3) is 0 Å². The molecule has 2 unspecified atom stereocenters. The second kappa shape index (κ2) is 6.61. The molecule has 20 heavy (non-hydrogen) atoms. The number of ether oxygens (including phenoxy) is 1. The zero-order valence-electron chi connectivity index (χ0n) is 11.4. The Balaban J connectivity index is 2.30. The molecule has 0 amide bonds. The van der Waals surface area contributed by atoms with E-state index in [0.717, 1.165) is 10.0 Å². The van der Waals surface area contributed by atoms with E-state index in [9.17, 15) is 0 Å².